The average molecular weight is 282 g/mol. The summed E-state index contributed by atoms with van der Waals surface area (Å²) in [5, 5.41) is 7.11. The highest BCUT2D eigenvalue weighted by Crippen LogP contribution is 2.11. The second-order valence-corrected chi connectivity index (χ2v) is 5.18. The molecule has 0 saturated heterocycles. The molecule has 0 bridgehead atoms. The van der Waals surface area contributed by atoms with Crippen LogP contribution in [-0.4, -0.2) is 39.4 Å². The molecular formula is C14H24N3OS+. The second-order valence-electron chi connectivity index (χ2n) is 4.77. The van der Waals surface area contributed by atoms with Gasteiger partial charge in [0.1, 0.15) is 5.75 Å². The zero-order chi connectivity index (χ0) is 14.1. The summed E-state index contributed by atoms with van der Waals surface area (Å²) in [6, 6.07) is 7.97. The van der Waals surface area contributed by atoms with Gasteiger partial charge in [0.2, 0.25) is 0 Å². The van der Waals surface area contributed by atoms with E-state index in [4.69, 9.17) is 17.0 Å². The summed E-state index contributed by atoms with van der Waals surface area (Å²) in [7, 11) is 5.98. The number of hydrogen-bond acceptors (Lipinski definition) is 2. The Labute approximate surface area is 121 Å². The van der Waals surface area contributed by atoms with Gasteiger partial charge in [-0.15, -0.1) is 0 Å². The number of benzene rings is 1. The molecule has 3 N–H and O–H groups in total. The molecule has 0 spiro atoms. The molecule has 5 heteroatoms. The molecule has 106 valence electrons. The molecular weight excluding hydrogens is 258 g/mol. The molecule has 4 nitrogen and oxygen atoms in total. The van der Waals surface area contributed by atoms with Crippen LogP contribution in [0.5, 0.6) is 5.75 Å². The van der Waals surface area contributed by atoms with E-state index in [1.807, 2.05) is 24.3 Å². The fourth-order valence-electron chi connectivity index (χ4n) is 1.67. The maximum atomic E-state index is 5.23. The monoisotopic (exact) mass is 282 g/mol. The number of quaternary nitrogens is 1. The molecule has 0 aliphatic heterocycles. The Morgan fingerprint density at radius 1 is 1.32 bits per heavy atom. The van der Waals surface area contributed by atoms with Crippen molar-refractivity contribution in [3.05, 3.63) is 29.8 Å². The average Bonchev–Trinajstić information content (AvgIpc) is 2.41. The Morgan fingerprint density at radius 3 is 2.79 bits per heavy atom. The molecule has 0 aromatic heterocycles. The number of nitrogens with one attached hydrogen (secondary N) is 3. The minimum absolute atomic E-state index is 0.705. The predicted molar refractivity (Wildman–Crippen MR) is 82.7 cm³/mol. The standard InChI is InChI=1S/C14H23N3OS/c1-17(2)9-5-8-15-14(19)16-11-12-6-4-7-13(10-12)18-3/h4,6-7,10H,5,8-9,11H2,1-3H3,(H2,15,16,19)/p+1. The molecule has 1 rings (SSSR count). The lowest BCUT2D eigenvalue weighted by Gasteiger charge is -2.12. The Bertz CT molecular complexity index is 396. The van der Waals surface area contributed by atoms with Crippen LogP contribution in [-0.2, 0) is 6.54 Å². The minimum Gasteiger partial charge on any atom is -0.497 e. The first-order valence-corrected chi connectivity index (χ1v) is 6.96. The van der Waals surface area contributed by atoms with Gasteiger partial charge in [-0.25, -0.2) is 0 Å². The van der Waals surface area contributed by atoms with Crippen molar-refractivity contribution in [1.29, 1.82) is 0 Å². The van der Waals surface area contributed by atoms with Crippen LogP contribution in [0.15, 0.2) is 24.3 Å². The Hall–Kier alpha value is -1.33. The van der Waals surface area contributed by atoms with Gasteiger partial charge in [0.15, 0.2) is 5.11 Å². The third kappa shape index (κ3) is 6.98. The highest BCUT2D eigenvalue weighted by molar-refractivity contribution is 7.80. The first kappa shape index (κ1) is 15.7. The van der Waals surface area contributed by atoms with E-state index in [1.54, 1.807) is 7.11 Å². The smallest absolute Gasteiger partial charge is 0.166 e. The summed E-state index contributed by atoms with van der Waals surface area (Å²) in [5.41, 5.74) is 1.15. The lowest BCUT2D eigenvalue weighted by atomic mass is 10.2. The van der Waals surface area contributed by atoms with Gasteiger partial charge >= 0.3 is 0 Å². The number of rotatable bonds is 7. The van der Waals surface area contributed by atoms with Crippen molar-refractivity contribution >= 4 is 17.3 Å². The fraction of sp³-hybridized carbons (Fsp3) is 0.500. The topological polar surface area (TPSA) is 37.7 Å². The van der Waals surface area contributed by atoms with Crippen LogP contribution in [0.1, 0.15) is 12.0 Å². The van der Waals surface area contributed by atoms with E-state index in [0.29, 0.717) is 11.7 Å². The fourth-order valence-corrected chi connectivity index (χ4v) is 1.85. The SMILES string of the molecule is COc1cccc(CNC(=S)NCCC[NH+](C)C)c1. The molecule has 19 heavy (non-hydrogen) atoms. The van der Waals surface area contributed by atoms with Gasteiger partial charge < -0.3 is 20.3 Å². The Balaban J connectivity index is 2.22. The maximum absolute atomic E-state index is 5.23. The molecule has 0 fully saturated rings. The van der Waals surface area contributed by atoms with Gasteiger partial charge in [-0.05, 0) is 29.9 Å². The molecule has 0 heterocycles. The van der Waals surface area contributed by atoms with Gasteiger partial charge in [0.05, 0.1) is 27.7 Å². The third-order valence-corrected chi connectivity index (χ3v) is 3.02. The minimum atomic E-state index is 0.705. The van der Waals surface area contributed by atoms with E-state index in [9.17, 15) is 0 Å². The molecule has 0 aliphatic rings. The summed E-state index contributed by atoms with van der Waals surface area (Å²) < 4.78 is 5.18. The lowest BCUT2D eigenvalue weighted by Crippen LogP contribution is -3.05. The van der Waals surface area contributed by atoms with Crippen LogP contribution in [0.3, 0.4) is 0 Å². The van der Waals surface area contributed by atoms with Gasteiger partial charge in [-0.3, -0.25) is 0 Å². The Morgan fingerprint density at radius 2 is 2.11 bits per heavy atom. The van der Waals surface area contributed by atoms with E-state index in [-0.39, 0.29) is 0 Å². The summed E-state index contributed by atoms with van der Waals surface area (Å²) in [6.45, 7) is 2.77. The van der Waals surface area contributed by atoms with Crippen LogP contribution in [0, 0.1) is 0 Å². The van der Waals surface area contributed by atoms with Crippen molar-refractivity contribution in [3.8, 4) is 5.75 Å². The van der Waals surface area contributed by atoms with Gasteiger partial charge in [0, 0.05) is 19.5 Å². The van der Waals surface area contributed by atoms with E-state index in [2.05, 4.69) is 24.7 Å². The lowest BCUT2D eigenvalue weighted by molar-refractivity contribution is -0.858. The quantitative estimate of drug-likeness (QED) is 0.493. The second kappa shape index (κ2) is 8.72. The van der Waals surface area contributed by atoms with Crippen molar-refractivity contribution in [2.75, 3.05) is 34.3 Å². The number of methoxy groups -OCH3 is 1. The normalized spacial score (nSPS) is 10.3. The van der Waals surface area contributed by atoms with Gasteiger partial charge in [0.25, 0.3) is 0 Å². The first-order valence-electron chi connectivity index (χ1n) is 6.55. The highest BCUT2D eigenvalue weighted by atomic mass is 32.1. The van der Waals surface area contributed by atoms with Crippen LogP contribution in [0.2, 0.25) is 0 Å². The summed E-state index contributed by atoms with van der Waals surface area (Å²) in [4.78, 5) is 1.46. The molecule has 1 aromatic carbocycles. The zero-order valence-corrected chi connectivity index (χ0v) is 12.8. The molecule has 0 unspecified atom stereocenters. The number of thiocarbonyl (C=S) groups is 1. The van der Waals surface area contributed by atoms with Crippen molar-refractivity contribution in [1.82, 2.24) is 10.6 Å². The van der Waals surface area contributed by atoms with Crippen molar-refractivity contribution < 1.29 is 9.64 Å². The van der Waals surface area contributed by atoms with Crippen molar-refractivity contribution in [3.63, 3.8) is 0 Å². The predicted octanol–water partition coefficient (Wildman–Crippen LogP) is 0.194. The van der Waals surface area contributed by atoms with Crippen LogP contribution < -0.4 is 20.3 Å². The van der Waals surface area contributed by atoms with E-state index < -0.39 is 0 Å². The van der Waals surface area contributed by atoms with Crippen LogP contribution >= 0.6 is 12.2 Å². The molecule has 0 aliphatic carbocycles. The van der Waals surface area contributed by atoms with Gasteiger partial charge in [-0.2, -0.15) is 0 Å². The molecule has 0 atom stereocenters. The summed E-state index contributed by atoms with van der Waals surface area (Å²) >= 11 is 5.23. The molecule has 0 radical (unpaired) electrons. The molecule has 0 amide bonds. The number of hydrogen-bond donors (Lipinski definition) is 3. The van der Waals surface area contributed by atoms with Crippen LogP contribution in [0.4, 0.5) is 0 Å². The largest absolute Gasteiger partial charge is 0.497 e. The number of ether oxygens (including phenoxy) is 1. The zero-order valence-electron chi connectivity index (χ0n) is 12.0. The first-order chi connectivity index (χ1) is 9.11. The highest BCUT2D eigenvalue weighted by Gasteiger charge is 1.99. The summed E-state index contributed by atoms with van der Waals surface area (Å²) in [6.07, 6.45) is 1.11. The van der Waals surface area contributed by atoms with Crippen molar-refractivity contribution in [2.24, 2.45) is 0 Å². The van der Waals surface area contributed by atoms with E-state index >= 15 is 0 Å². The van der Waals surface area contributed by atoms with Crippen molar-refractivity contribution in [2.45, 2.75) is 13.0 Å². The Kier molecular flexibility index (Phi) is 7.22. The van der Waals surface area contributed by atoms with Gasteiger partial charge in [-0.1, -0.05) is 12.1 Å². The van der Waals surface area contributed by atoms with Crippen LogP contribution in [0.25, 0.3) is 0 Å². The third-order valence-electron chi connectivity index (χ3n) is 2.73. The maximum Gasteiger partial charge on any atom is 0.166 e. The van der Waals surface area contributed by atoms with E-state index in [1.165, 1.54) is 4.90 Å². The molecule has 1 aromatic rings. The van der Waals surface area contributed by atoms with E-state index in [0.717, 1.165) is 30.8 Å². The molecule has 0 saturated carbocycles. The summed E-state index contributed by atoms with van der Waals surface area (Å²) in [5.74, 6) is 0.868.